The molecule has 0 aliphatic carbocycles. The van der Waals surface area contributed by atoms with Gasteiger partial charge in [0, 0.05) is 0 Å². The Bertz CT molecular complexity index is 387. The van der Waals surface area contributed by atoms with Gasteiger partial charge in [0.15, 0.2) is 0 Å². The lowest BCUT2D eigenvalue weighted by Gasteiger charge is -1.99. The zero-order chi connectivity index (χ0) is 22.5. The Morgan fingerprint density at radius 3 is 0.781 bits per heavy atom. The SMILES string of the molecule is CCCCCC=CCCCCCCCCC=CCCCCC=CCCCCCCCC.[CH]. The lowest BCUT2D eigenvalue weighted by molar-refractivity contribution is 0.599. The molecule has 0 fully saturated rings. The molecule has 0 aromatic rings. The Labute approximate surface area is 205 Å². The maximum absolute atomic E-state index is 2.43. The molecule has 0 aliphatic heterocycles. The van der Waals surface area contributed by atoms with E-state index in [4.69, 9.17) is 0 Å². The second-order valence-electron chi connectivity index (χ2n) is 9.45. The molecule has 0 aromatic carbocycles. The number of hydrogen-bond acceptors (Lipinski definition) is 0. The summed E-state index contributed by atoms with van der Waals surface area (Å²) in [5.74, 6) is 0. The van der Waals surface area contributed by atoms with Crippen molar-refractivity contribution in [2.75, 3.05) is 0 Å². The van der Waals surface area contributed by atoms with Crippen molar-refractivity contribution in [2.24, 2.45) is 0 Å². The number of hydrogen-bond donors (Lipinski definition) is 0. The van der Waals surface area contributed by atoms with E-state index in [0.717, 1.165) is 0 Å². The van der Waals surface area contributed by atoms with Gasteiger partial charge in [-0.1, -0.05) is 121 Å². The van der Waals surface area contributed by atoms with Gasteiger partial charge < -0.3 is 0 Å². The molecule has 0 N–H and O–H groups in total. The van der Waals surface area contributed by atoms with Gasteiger partial charge in [-0.25, -0.2) is 0 Å². The summed E-state index contributed by atoms with van der Waals surface area (Å²) in [7, 11) is 0. The average Bonchev–Trinajstić information content (AvgIpc) is 2.78. The van der Waals surface area contributed by atoms with E-state index in [2.05, 4.69) is 50.3 Å². The van der Waals surface area contributed by atoms with Gasteiger partial charge in [-0.2, -0.15) is 0 Å². The second-order valence-corrected chi connectivity index (χ2v) is 9.45. The fourth-order valence-electron chi connectivity index (χ4n) is 4.02. The fourth-order valence-corrected chi connectivity index (χ4v) is 4.02. The van der Waals surface area contributed by atoms with E-state index in [1.807, 2.05) is 0 Å². The van der Waals surface area contributed by atoms with E-state index in [-0.39, 0.29) is 7.43 Å². The van der Waals surface area contributed by atoms with Crippen LogP contribution in [0, 0.1) is 7.43 Å². The summed E-state index contributed by atoms with van der Waals surface area (Å²) in [4.78, 5) is 0. The Kier molecular flexibility index (Phi) is 33.8. The van der Waals surface area contributed by atoms with E-state index in [0.29, 0.717) is 0 Å². The van der Waals surface area contributed by atoms with Crippen LogP contribution in [0.25, 0.3) is 0 Å². The van der Waals surface area contributed by atoms with Crippen molar-refractivity contribution >= 4 is 0 Å². The Balaban J connectivity index is 0. The highest BCUT2D eigenvalue weighted by Crippen LogP contribution is 2.11. The van der Waals surface area contributed by atoms with Crippen molar-refractivity contribution in [3.05, 3.63) is 43.9 Å². The summed E-state index contributed by atoms with van der Waals surface area (Å²) in [6.45, 7) is 4.57. The Hall–Kier alpha value is -0.780. The molecule has 0 saturated heterocycles. The maximum Gasteiger partial charge on any atom is -0.0312 e. The van der Waals surface area contributed by atoms with Gasteiger partial charge in [0.25, 0.3) is 0 Å². The standard InChI is InChI=1S/C31H58.CH/c1-3-5-7-9-11-13-15-17-19-21-23-25-27-29-31-30-28-26-24-22-20-18-16-14-12-10-8-6-4-2;/h11,13,18,20,30-31H,3-10,12,14-17,19,21-29H2,1-2H3;1H. The van der Waals surface area contributed by atoms with Gasteiger partial charge in [0.1, 0.15) is 0 Å². The zero-order valence-electron chi connectivity index (χ0n) is 22.3. The molecule has 0 unspecified atom stereocenters. The molecule has 0 atom stereocenters. The molecule has 0 aromatic heterocycles. The molecule has 0 nitrogen and oxygen atoms in total. The first-order valence-corrected chi connectivity index (χ1v) is 14.4. The molecule has 0 rings (SSSR count). The van der Waals surface area contributed by atoms with Crippen molar-refractivity contribution in [1.29, 1.82) is 0 Å². The van der Waals surface area contributed by atoms with Crippen LogP contribution in [0.1, 0.15) is 162 Å². The van der Waals surface area contributed by atoms with E-state index in [9.17, 15) is 0 Å². The van der Waals surface area contributed by atoms with Crippen molar-refractivity contribution < 1.29 is 0 Å². The molecule has 0 spiro atoms. The summed E-state index contributed by atoms with van der Waals surface area (Å²) in [5.41, 5.74) is 0. The molecule has 0 heterocycles. The topological polar surface area (TPSA) is 0 Å². The molecule has 0 aliphatic rings. The summed E-state index contributed by atoms with van der Waals surface area (Å²) in [5, 5.41) is 0. The molecule has 0 bridgehead atoms. The van der Waals surface area contributed by atoms with Crippen LogP contribution >= 0.6 is 0 Å². The van der Waals surface area contributed by atoms with E-state index in [1.165, 1.54) is 148 Å². The molecule has 3 radical (unpaired) electrons. The van der Waals surface area contributed by atoms with Crippen LogP contribution in [0.3, 0.4) is 0 Å². The monoisotopic (exact) mass is 443 g/mol. The largest absolute Gasteiger partial charge is 0.0885 e. The van der Waals surface area contributed by atoms with Crippen molar-refractivity contribution in [2.45, 2.75) is 162 Å². The highest BCUT2D eigenvalue weighted by Gasteiger charge is 1.91. The summed E-state index contributed by atoms with van der Waals surface area (Å²) in [6, 6.07) is 0. The van der Waals surface area contributed by atoms with Crippen molar-refractivity contribution in [1.82, 2.24) is 0 Å². The van der Waals surface area contributed by atoms with Crippen LogP contribution < -0.4 is 0 Å². The van der Waals surface area contributed by atoms with E-state index in [1.54, 1.807) is 0 Å². The first-order valence-electron chi connectivity index (χ1n) is 14.4. The highest BCUT2D eigenvalue weighted by molar-refractivity contribution is 4.84. The average molecular weight is 444 g/mol. The first kappa shape index (κ1) is 33.4. The van der Waals surface area contributed by atoms with Crippen LogP contribution in [-0.2, 0) is 0 Å². The smallest absolute Gasteiger partial charge is 0.0312 e. The van der Waals surface area contributed by atoms with E-state index >= 15 is 0 Å². The number of rotatable bonds is 25. The zero-order valence-corrected chi connectivity index (χ0v) is 22.3. The number of allylic oxidation sites excluding steroid dienone is 6. The minimum Gasteiger partial charge on any atom is -0.0885 e. The summed E-state index contributed by atoms with van der Waals surface area (Å²) in [6.07, 6.45) is 45.9. The van der Waals surface area contributed by atoms with Crippen molar-refractivity contribution in [3.8, 4) is 0 Å². The molecule has 0 heteroatoms. The van der Waals surface area contributed by atoms with Gasteiger partial charge in [-0.15, -0.1) is 0 Å². The lowest BCUT2D eigenvalue weighted by atomic mass is 10.1. The first-order chi connectivity index (χ1) is 15.4. The highest BCUT2D eigenvalue weighted by atomic mass is 14.0. The van der Waals surface area contributed by atoms with Crippen LogP contribution in [0.2, 0.25) is 0 Å². The van der Waals surface area contributed by atoms with Crippen molar-refractivity contribution in [3.63, 3.8) is 0 Å². The normalized spacial score (nSPS) is 11.8. The molecule has 0 saturated carbocycles. The fraction of sp³-hybridized carbons (Fsp3) is 0.781. The van der Waals surface area contributed by atoms with Gasteiger partial charge in [0.05, 0.1) is 0 Å². The van der Waals surface area contributed by atoms with Gasteiger partial charge in [-0.3, -0.25) is 0 Å². The summed E-state index contributed by atoms with van der Waals surface area (Å²) < 4.78 is 0. The van der Waals surface area contributed by atoms with Gasteiger partial charge in [-0.05, 0) is 84.5 Å². The molecule has 0 amide bonds. The Morgan fingerprint density at radius 2 is 0.469 bits per heavy atom. The van der Waals surface area contributed by atoms with Gasteiger partial charge in [0.2, 0.25) is 0 Å². The van der Waals surface area contributed by atoms with E-state index < -0.39 is 0 Å². The van der Waals surface area contributed by atoms with Crippen LogP contribution in [0.4, 0.5) is 0 Å². The van der Waals surface area contributed by atoms with Gasteiger partial charge >= 0.3 is 0 Å². The minimum absolute atomic E-state index is 0. The predicted molar refractivity (Wildman–Crippen MR) is 149 cm³/mol. The van der Waals surface area contributed by atoms with Crippen LogP contribution in [0.5, 0.6) is 0 Å². The molecular formula is C32H59. The third kappa shape index (κ3) is 31.4. The maximum atomic E-state index is 2.43. The van der Waals surface area contributed by atoms with Crippen LogP contribution in [-0.4, -0.2) is 0 Å². The predicted octanol–water partition coefficient (Wildman–Crippen LogP) is 11.9. The molecular weight excluding hydrogens is 384 g/mol. The quantitative estimate of drug-likeness (QED) is 0.0971. The summed E-state index contributed by atoms with van der Waals surface area (Å²) >= 11 is 0. The third-order valence-electron chi connectivity index (χ3n) is 6.18. The second kappa shape index (κ2) is 32.4. The van der Waals surface area contributed by atoms with Crippen LogP contribution in [0.15, 0.2) is 36.5 Å². The third-order valence-corrected chi connectivity index (χ3v) is 6.18. The minimum atomic E-state index is 0. The lowest BCUT2D eigenvalue weighted by Crippen LogP contribution is -1.80. The molecule has 187 valence electrons. The number of unbranched alkanes of at least 4 members (excludes halogenated alkanes) is 19. The Morgan fingerprint density at radius 1 is 0.281 bits per heavy atom. The molecule has 32 heavy (non-hydrogen) atoms.